The number of ether oxygens (including phenoxy) is 1. The average Bonchev–Trinajstić information content (AvgIpc) is 2.63. The molecule has 4 nitrogen and oxygen atoms in total. The van der Waals surface area contributed by atoms with Crippen LogP contribution >= 0.6 is 0 Å². The minimum Gasteiger partial charge on any atom is -0.496 e. The van der Waals surface area contributed by atoms with Gasteiger partial charge in [0.25, 0.3) is 0 Å². The molecule has 16 heavy (non-hydrogen) atoms. The van der Waals surface area contributed by atoms with Crippen LogP contribution in [0.2, 0.25) is 0 Å². The first-order valence-electron chi connectivity index (χ1n) is 5.05. The van der Waals surface area contributed by atoms with Gasteiger partial charge < -0.3 is 14.7 Å². The Balaban J connectivity index is 2.68. The van der Waals surface area contributed by atoms with Gasteiger partial charge in [-0.15, -0.1) is 0 Å². The molecule has 84 valence electrons. The third-order valence-electron chi connectivity index (χ3n) is 2.53. The average molecular weight is 218 g/mol. The van der Waals surface area contributed by atoms with E-state index in [4.69, 9.17) is 4.74 Å². The summed E-state index contributed by atoms with van der Waals surface area (Å²) in [5.74, 6) is 0.771. The summed E-state index contributed by atoms with van der Waals surface area (Å²) in [5.41, 5.74) is 3.67. The lowest BCUT2D eigenvalue weighted by atomic mass is 10.0. The molecule has 1 aromatic heterocycles. The number of hydrogen-bond acceptors (Lipinski definition) is 2. The summed E-state index contributed by atoms with van der Waals surface area (Å²) >= 11 is 0. The Bertz CT molecular complexity index is 567. The van der Waals surface area contributed by atoms with Gasteiger partial charge in [-0.2, -0.15) is 0 Å². The minimum atomic E-state index is -0.211. The van der Waals surface area contributed by atoms with Crippen molar-refractivity contribution in [3.8, 4) is 17.0 Å². The van der Waals surface area contributed by atoms with Gasteiger partial charge in [0.05, 0.1) is 12.8 Å². The number of nitrogens with one attached hydrogen (secondary N) is 2. The molecule has 0 fully saturated rings. The Morgan fingerprint density at radius 2 is 2.00 bits per heavy atom. The molecule has 2 aromatic rings. The number of aromatic nitrogens is 2. The molecule has 0 atom stereocenters. The molecule has 0 radical (unpaired) electrons. The highest BCUT2D eigenvalue weighted by atomic mass is 16.5. The lowest BCUT2D eigenvalue weighted by Crippen LogP contribution is -2.00. The number of H-pyrrole nitrogens is 2. The number of aromatic amines is 2. The highest BCUT2D eigenvalue weighted by Crippen LogP contribution is 2.32. The van der Waals surface area contributed by atoms with Crippen LogP contribution in [0.3, 0.4) is 0 Å². The summed E-state index contributed by atoms with van der Waals surface area (Å²) in [5, 5.41) is 0. The second-order valence-electron chi connectivity index (χ2n) is 3.82. The van der Waals surface area contributed by atoms with Crippen LogP contribution in [0.5, 0.6) is 5.75 Å². The molecule has 1 heterocycles. The number of hydrogen-bond donors (Lipinski definition) is 2. The molecule has 0 saturated heterocycles. The fraction of sp³-hybridized carbons (Fsp3) is 0.250. The van der Waals surface area contributed by atoms with Crippen molar-refractivity contribution in [2.24, 2.45) is 0 Å². The molecule has 0 amide bonds. The highest BCUT2D eigenvalue weighted by Gasteiger charge is 2.11. The Hall–Kier alpha value is -1.97. The summed E-state index contributed by atoms with van der Waals surface area (Å²) in [6, 6.07) is 4.01. The Morgan fingerprint density at radius 3 is 2.56 bits per heavy atom. The predicted octanol–water partition coefficient (Wildman–Crippen LogP) is 2.00. The molecule has 0 aliphatic carbocycles. The van der Waals surface area contributed by atoms with Crippen molar-refractivity contribution in [3.63, 3.8) is 0 Å². The second-order valence-corrected chi connectivity index (χ2v) is 3.82. The van der Waals surface area contributed by atoms with Gasteiger partial charge >= 0.3 is 5.69 Å². The topological polar surface area (TPSA) is 57.9 Å². The maximum Gasteiger partial charge on any atom is 0.323 e. The van der Waals surface area contributed by atoms with E-state index < -0.39 is 0 Å². The zero-order valence-corrected chi connectivity index (χ0v) is 9.55. The van der Waals surface area contributed by atoms with Gasteiger partial charge in [-0.25, -0.2) is 4.79 Å². The van der Waals surface area contributed by atoms with E-state index in [-0.39, 0.29) is 5.69 Å². The molecule has 4 heteroatoms. The molecule has 0 bridgehead atoms. The molecule has 0 saturated carbocycles. The quantitative estimate of drug-likeness (QED) is 0.809. The number of imidazole rings is 1. The summed E-state index contributed by atoms with van der Waals surface area (Å²) in [6.45, 7) is 4.01. The van der Waals surface area contributed by atoms with Crippen LogP contribution < -0.4 is 10.4 Å². The molecule has 0 aliphatic heterocycles. The normalized spacial score (nSPS) is 10.4. The molecule has 0 aliphatic rings. The number of aryl methyl sites for hydroxylation is 2. The van der Waals surface area contributed by atoms with E-state index in [1.807, 2.05) is 19.9 Å². The van der Waals surface area contributed by atoms with E-state index in [1.54, 1.807) is 13.3 Å². The van der Waals surface area contributed by atoms with Crippen molar-refractivity contribution in [1.82, 2.24) is 9.97 Å². The van der Waals surface area contributed by atoms with Crippen LogP contribution in [-0.4, -0.2) is 17.1 Å². The zero-order chi connectivity index (χ0) is 11.7. The first kappa shape index (κ1) is 10.5. The van der Waals surface area contributed by atoms with Gasteiger partial charge in [0, 0.05) is 11.8 Å². The summed E-state index contributed by atoms with van der Waals surface area (Å²) in [4.78, 5) is 16.4. The first-order valence-corrected chi connectivity index (χ1v) is 5.05. The smallest absolute Gasteiger partial charge is 0.323 e. The SMILES string of the molecule is COc1cc(C)cc(C)c1-c1c[nH]c(=O)[nH]1. The maximum atomic E-state index is 11.1. The van der Waals surface area contributed by atoms with E-state index in [0.29, 0.717) is 0 Å². The number of benzene rings is 1. The fourth-order valence-corrected chi connectivity index (χ4v) is 1.90. The highest BCUT2D eigenvalue weighted by molar-refractivity contribution is 5.71. The molecule has 0 spiro atoms. The largest absolute Gasteiger partial charge is 0.496 e. The van der Waals surface area contributed by atoms with Crippen molar-refractivity contribution in [1.29, 1.82) is 0 Å². The van der Waals surface area contributed by atoms with Gasteiger partial charge in [0.1, 0.15) is 5.75 Å². The van der Waals surface area contributed by atoms with Crippen LogP contribution in [0.25, 0.3) is 11.3 Å². The van der Waals surface area contributed by atoms with Gasteiger partial charge in [-0.3, -0.25) is 0 Å². The van der Waals surface area contributed by atoms with E-state index in [9.17, 15) is 4.79 Å². The third kappa shape index (κ3) is 1.74. The maximum absolute atomic E-state index is 11.1. The molecule has 2 rings (SSSR count). The zero-order valence-electron chi connectivity index (χ0n) is 9.55. The summed E-state index contributed by atoms with van der Waals surface area (Å²) in [6.07, 6.45) is 1.66. The van der Waals surface area contributed by atoms with Gasteiger partial charge in [-0.05, 0) is 31.0 Å². The molecular formula is C12H14N2O2. The molecular weight excluding hydrogens is 204 g/mol. The van der Waals surface area contributed by atoms with E-state index in [2.05, 4.69) is 16.0 Å². The van der Waals surface area contributed by atoms with Crippen molar-refractivity contribution in [2.75, 3.05) is 7.11 Å². The van der Waals surface area contributed by atoms with E-state index in [1.165, 1.54) is 0 Å². The third-order valence-corrected chi connectivity index (χ3v) is 2.53. The predicted molar refractivity (Wildman–Crippen MR) is 62.9 cm³/mol. The van der Waals surface area contributed by atoms with Crippen molar-refractivity contribution in [3.05, 3.63) is 39.9 Å². The van der Waals surface area contributed by atoms with Crippen molar-refractivity contribution >= 4 is 0 Å². The van der Waals surface area contributed by atoms with Crippen LogP contribution in [0, 0.1) is 13.8 Å². The van der Waals surface area contributed by atoms with Gasteiger partial charge in [0.15, 0.2) is 0 Å². The van der Waals surface area contributed by atoms with Crippen molar-refractivity contribution < 1.29 is 4.74 Å². The molecule has 2 N–H and O–H groups in total. The minimum absolute atomic E-state index is 0.211. The lowest BCUT2D eigenvalue weighted by Gasteiger charge is -2.11. The van der Waals surface area contributed by atoms with Crippen LogP contribution in [0.15, 0.2) is 23.1 Å². The Labute approximate surface area is 93.3 Å². The lowest BCUT2D eigenvalue weighted by molar-refractivity contribution is 0.415. The van der Waals surface area contributed by atoms with E-state index in [0.717, 1.165) is 28.1 Å². The van der Waals surface area contributed by atoms with Crippen LogP contribution in [-0.2, 0) is 0 Å². The summed E-state index contributed by atoms with van der Waals surface area (Å²) < 4.78 is 5.33. The fourth-order valence-electron chi connectivity index (χ4n) is 1.90. The summed E-state index contributed by atoms with van der Waals surface area (Å²) in [7, 11) is 1.63. The first-order chi connectivity index (χ1) is 7.61. The van der Waals surface area contributed by atoms with Gasteiger partial charge in [0.2, 0.25) is 0 Å². The Morgan fingerprint density at radius 1 is 1.25 bits per heavy atom. The number of methoxy groups -OCH3 is 1. The standard InChI is InChI=1S/C12H14N2O2/c1-7-4-8(2)11(10(5-7)16-3)9-6-13-12(15)14-9/h4-6H,1-3H3,(H2,13,14,15). The van der Waals surface area contributed by atoms with Crippen LogP contribution in [0.4, 0.5) is 0 Å². The molecule has 0 unspecified atom stereocenters. The van der Waals surface area contributed by atoms with Crippen molar-refractivity contribution in [2.45, 2.75) is 13.8 Å². The Kier molecular flexibility index (Phi) is 2.56. The number of rotatable bonds is 2. The second kappa shape index (κ2) is 3.89. The monoisotopic (exact) mass is 218 g/mol. The van der Waals surface area contributed by atoms with Gasteiger partial charge in [-0.1, -0.05) is 6.07 Å². The van der Waals surface area contributed by atoms with Crippen LogP contribution in [0.1, 0.15) is 11.1 Å². The molecule has 1 aromatic carbocycles. The van der Waals surface area contributed by atoms with E-state index >= 15 is 0 Å².